The van der Waals surface area contributed by atoms with Crippen LogP contribution in [0.2, 0.25) is 0 Å². The van der Waals surface area contributed by atoms with Gasteiger partial charge in [-0.25, -0.2) is 14.3 Å². The molecule has 8 nitrogen and oxygen atoms in total. The molecule has 2 aromatic rings. The molecule has 3 rings (SSSR count). The maximum absolute atomic E-state index is 10.9. The number of carboxylic acid groups (broad SMARTS) is 1. The van der Waals surface area contributed by atoms with Gasteiger partial charge in [0, 0.05) is 100 Å². The second kappa shape index (κ2) is 10.9. The summed E-state index contributed by atoms with van der Waals surface area (Å²) in [4.78, 5) is 37.0. The number of rotatable bonds is 4. The maximum atomic E-state index is 10.9. The van der Waals surface area contributed by atoms with Crippen molar-refractivity contribution in [1.82, 2.24) is 4.98 Å². The van der Waals surface area contributed by atoms with Crippen LogP contribution in [0.25, 0.3) is 10.2 Å². The molecule has 3 radical (unpaired) electrons. The van der Waals surface area contributed by atoms with Gasteiger partial charge in [-0.05, 0) is 12.1 Å². The molecule has 0 saturated carbocycles. The third-order valence-electron chi connectivity index (χ3n) is 2.70. The summed E-state index contributed by atoms with van der Waals surface area (Å²) in [5.74, 6) is -0.561. The Labute approximate surface area is 217 Å². The number of hydrogen-bond donors (Lipinski definition) is 3. The van der Waals surface area contributed by atoms with Crippen LogP contribution in [0.3, 0.4) is 0 Å². The molecule has 0 amide bonds. The number of hydrogen-bond acceptors (Lipinski definition) is 7. The van der Waals surface area contributed by atoms with Gasteiger partial charge >= 0.3 is 13.8 Å². The zero-order valence-electron chi connectivity index (χ0n) is 13.7. The first-order valence-corrected chi connectivity index (χ1v) is 9.24. The Morgan fingerprint density at radius 2 is 1.96 bits per heavy atom. The number of aliphatic carboxylic acids is 1. The minimum absolute atomic E-state index is 0. The first-order chi connectivity index (χ1) is 10.3. The van der Waals surface area contributed by atoms with Gasteiger partial charge in [0.2, 0.25) is 0 Å². The number of thiazole rings is 1. The van der Waals surface area contributed by atoms with Gasteiger partial charge in [-0.1, -0.05) is 0 Å². The number of fused-ring (bicyclic) bond motifs is 1. The molecule has 25 heavy (non-hydrogen) atoms. The van der Waals surface area contributed by atoms with Crippen LogP contribution < -0.4 is 4.52 Å². The SMILES string of the molecule is O=C(O)C1CSC(c2nc3ccc(OP(=O)(O)O)cc3s2)=N1.[Na].[Na].[Na]. The fraction of sp³-hybridized carbons (Fsp3) is 0.182. The van der Waals surface area contributed by atoms with Crippen molar-refractivity contribution in [3.05, 3.63) is 23.2 Å². The third-order valence-corrected chi connectivity index (χ3v) is 5.36. The van der Waals surface area contributed by atoms with Gasteiger partial charge in [-0.15, -0.1) is 23.1 Å². The molecule has 1 unspecified atom stereocenters. The number of benzene rings is 1. The number of phosphoric ester groups is 1. The van der Waals surface area contributed by atoms with Gasteiger partial charge in [0.05, 0.1) is 10.2 Å². The molecule has 1 aliphatic rings. The van der Waals surface area contributed by atoms with Crippen molar-refractivity contribution in [1.29, 1.82) is 0 Å². The standard InChI is InChI=1S/C11H9N2O6PS2.3Na/c14-11(15)7-4-21-9(13-7)10-12-6-2-1-5(3-8(6)22-10)19-20(16,17)18;;;/h1-3,7H,4H2,(H,14,15)(H2,16,17,18);;;. The van der Waals surface area contributed by atoms with E-state index in [2.05, 4.69) is 14.5 Å². The van der Waals surface area contributed by atoms with Gasteiger partial charge in [0.25, 0.3) is 0 Å². The van der Waals surface area contributed by atoms with Crippen LogP contribution in [0, 0.1) is 0 Å². The number of thioether (sulfide) groups is 1. The summed E-state index contributed by atoms with van der Waals surface area (Å²) in [7, 11) is -4.61. The number of aromatic nitrogens is 1. The molecule has 3 N–H and O–H groups in total. The third kappa shape index (κ3) is 7.14. The van der Waals surface area contributed by atoms with Crippen molar-refractivity contribution in [2.75, 3.05) is 5.75 Å². The summed E-state index contributed by atoms with van der Waals surface area (Å²) >= 11 is 2.58. The second-order valence-corrected chi connectivity index (χ2v) is 7.53. The fourth-order valence-electron chi connectivity index (χ4n) is 1.81. The zero-order chi connectivity index (χ0) is 15.9. The van der Waals surface area contributed by atoms with Crippen LogP contribution >= 0.6 is 30.9 Å². The maximum Gasteiger partial charge on any atom is 0.524 e. The van der Waals surface area contributed by atoms with Crippen molar-refractivity contribution in [2.24, 2.45) is 4.99 Å². The van der Waals surface area contributed by atoms with Gasteiger partial charge in [0.1, 0.15) is 15.8 Å². The zero-order valence-corrected chi connectivity index (χ0v) is 22.3. The van der Waals surface area contributed by atoms with E-state index >= 15 is 0 Å². The van der Waals surface area contributed by atoms with E-state index in [1.165, 1.54) is 35.2 Å². The van der Waals surface area contributed by atoms with E-state index in [4.69, 9.17) is 14.9 Å². The molecular formula is C11H9N2Na3O6PS2. The molecule has 1 aromatic carbocycles. The van der Waals surface area contributed by atoms with E-state index in [0.717, 1.165) is 0 Å². The first-order valence-electron chi connectivity index (χ1n) is 5.91. The molecule has 1 aromatic heterocycles. The molecule has 0 spiro atoms. The first kappa shape index (κ1) is 26.6. The fourth-order valence-corrected chi connectivity index (χ4v) is 4.29. The molecule has 0 aliphatic carbocycles. The van der Waals surface area contributed by atoms with Gasteiger partial charge in [0.15, 0.2) is 6.04 Å². The van der Waals surface area contributed by atoms with Crippen molar-refractivity contribution in [3.8, 4) is 5.75 Å². The Balaban J connectivity index is 0.00000192. The summed E-state index contributed by atoms with van der Waals surface area (Å²) in [5.41, 5.74) is 0.625. The van der Waals surface area contributed by atoms with Crippen LogP contribution in [0.5, 0.6) is 5.75 Å². The molecule has 1 atom stereocenters. The average Bonchev–Trinajstić information content (AvgIpc) is 3.02. The Morgan fingerprint density at radius 3 is 2.52 bits per heavy atom. The minimum atomic E-state index is -4.61. The molecule has 0 bridgehead atoms. The Hall–Kier alpha value is 1.55. The largest absolute Gasteiger partial charge is 0.524 e. The van der Waals surface area contributed by atoms with Crippen LogP contribution in [-0.2, 0) is 9.36 Å². The molecule has 0 fully saturated rings. The average molecular weight is 429 g/mol. The molecule has 14 heteroatoms. The predicted molar refractivity (Wildman–Crippen MR) is 100.0 cm³/mol. The Bertz CT molecular complexity index is 842. The predicted octanol–water partition coefficient (Wildman–Crippen LogP) is 0.572. The molecular weight excluding hydrogens is 420 g/mol. The smallest absolute Gasteiger partial charge is 0.480 e. The van der Waals surface area contributed by atoms with E-state index in [1.54, 1.807) is 6.07 Å². The molecule has 119 valence electrons. The van der Waals surface area contributed by atoms with E-state index in [0.29, 0.717) is 26.0 Å². The van der Waals surface area contributed by atoms with Gasteiger partial charge < -0.3 is 9.63 Å². The van der Waals surface area contributed by atoms with E-state index in [9.17, 15) is 9.36 Å². The summed E-state index contributed by atoms with van der Waals surface area (Å²) in [6.45, 7) is 0. The number of aliphatic imine (C=N–C) groups is 1. The normalized spacial score (nSPS) is 16.2. The van der Waals surface area contributed by atoms with E-state index in [-0.39, 0.29) is 94.4 Å². The number of carbonyl (C=O) groups is 1. The minimum Gasteiger partial charge on any atom is -0.480 e. The van der Waals surface area contributed by atoms with Gasteiger partial charge in [-0.2, -0.15) is 0 Å². The molecule has 2 heterocycles. The Morgan fingerprint density at radius 1 is 1.28 bits per heavy atom. The topological polar surface area (TPSA) is 129 Å². The summed E-state index contributed by atoms with van der Waals surface area (Å²) in [6, 6.07) is 3.70. The summed E-state index contributed by atoms with van der Waals surface area (Å²) < 4.78 is 16.0. The van der Waals surface area contributed by atoms with Crippen LogP contribution in [-0.4, -0.2) is 131 Å². The van der Waals surface area contributed by atoms with Crippen LogP contribution in [0.15, 0.2) is 23.2 Å². The van der Waals surface area contributed by atoms with Gasteiger partial charge in [-0.3, -0.25) is 14.8 Å². The van der Waals surface area contributed by atoms with Crippen LogP contribution in [0.1, 0.15) is 5.01 Å². The monoisotopic (exact) mass is 429 g/mol. The van der Waals surface area contributed by atoms with Crippen LogP contribution in [0.4, 0.5) is 0 Å². The number of carboxylic acids is 1. The number of phosphoric acid groups is 1. The summed E-state index contributed by atoms with van der Waals surface area (Å²) in [6.07, 6.45) is 0. The van der Waals surface area contributed by atoms with Crippen molar-refractivity contribution in [3.63, 3.8) is 0 Å². The molecule has 1 aliphatic heterocycles. The number of nitrogens with zero attached hydrogens (tertiary/aromatic N) is 2. The van der Waals surface area contributed by atoms with Crippen molar-refractivity contribution < 1.29 is 28.8 Å². The Kier molecular flexibility index (Phi) is 11.6. The summed E-state index contributed by atoms with van der Waals surface area (Å²) in [5, 5.41) is 10.1. The van der Waals surface area contributed by atoms with E-state index in [1.807, 2.05) is 0 Å². The molecule has 0 saturated heterocycles. The van der Waals surface area contributed by atoms with Crippen molar-refractivity contribution >= 4 is 141 Å². The van der Waals surface area contributed by atoms with E-state index < -0.39 is 19.8 Å². The van der Waals surface area contributed by atoms with Crippen molar-refractivity contribution in [2.45, 2.75) is 6.04 Å². The second-order valence-electron chi connectivity index (χ2n) is 4.33. The quantitative estimate of drug-likeness (QED) is 0.475.